The Hall–Kier alpha value is -0.870. The van der Waals surface area contributed by atoms with Gasteiger partial charge in [-0.2, -0.15) is 0 Å². The van der Waals surface area contributed by atoms with Crippen LogP contribution in [0.2, 0.25) is 0 Å². The monoisotopic (exact) mass is 158 g/mol. The number of carbonyl (C=O) groups excluding carboxylic acids is 1. The van der Waals surface area contributed by atoms with Gasteiger partial charge < -0.3 is 10.8 Å². The molecule has 0 fully saturated rings. The summed E-state index contributed by atoms with van der Waals surface area (Å²) in [5.41, 5.74) is 3.50. The SMILES string of the molecule is C=C(C(N)=O)C(C)(O)NCC. The quantitative estimate of drug-likeness (QED) is 0.376. The van der Waals surface area contributed by atoms with Crippen LogP contribution in [0.4, 0.5) is 0 Å². The van der Waals surface area contributed by atoms with Gasteiger partial charge in [-0.1, -0.05) is 13.5 Å². The van der Waals surface area contributed by atoms with Gasteiger partial charge in [0.05, 0.1) is 5.57 Å². The van der Waals surface area contributed by atoms with E-state index in [1.54, 1.807) is 0 Å². The van der Waals surface area contributed by atoms with Crippen LogP contribution in [0.3, 0.4) is 0 Å². The van der Waals surface area contributed by atoms with Crippen LogP contribution in [0.15, 0.2) is 12.2 Å². The summed E-state index contributed by atoms with van der Waals surface area (Å²) in [4.78, 5) is 10.5. The van der Waals surface area contributed by atoms with Crippen molar-refractivity contribution in [2.24, 2.45) is 5.73 Å². The van der Waals surface area contributed by atoms with Crippen LogP contribution < -0.4 is 11.1 Å². The number of carbonyl (C=O) groups is 1. The summed E-state index contributed by atoms with van der Waals surface area (Å²) in [5, 5.41) is 12.1. The van der Waals surface area contributed by atoms with E-state index < -0.39 is 11.6 Å². The highest BCUT2D eigenvalue weighted by atomic mass is 16.3. The molecule has 4 heteroatoms. The molecule has 64 valence electrons. The molecule has 0 aliphatic rings. The van der Waals surface area contributed by atoms with E-state index >= 15 is 0 Å². The Balaban J connectivity index is 4.29. The molecule has 0 spiro atoms. The maximum Gasteiger partial charge on any atom is 0.248 e. The average molecular weight is 158 g/mol. The van der Waals surface area contributed by atoms with E-state index in [2.05, 4.69) is 11.9 Å². The second kappa shape index (κ2) is 3.50. The number of hydrogen-bond acceptors (Lipinski definition) is 3. The number of aliphatic hydroxyl groups is 1. The Morgan fingerprint density at radius 3 is 2.55 bits per heavy atom. The summed E-state index contributed by atoms with van der Waals surface area (Å²) in [6, 6.07) is 0. The highest BCUT2D eigenvalue weighted by Gasteiger charge is 2.26. The zero-order valence-corrected chi connectivity index (χ0v) is 6.85. The van der Waals surface area contributed by atoms with Crippen LogP contribution in [0.5, 0.6) is 0 Å². The summed E-state index contributed by atoms with van der Waals surface area (Å²) in [6.07, 6.45) is 0. The summed E-state index contributed by atoms with van der Waals surface area (Å²) < 4.78 is 0. The highest BCUT2D eigenvalue weighted by molar-refractivity contribution is 5.93. The molecule has 0 aromatic rings. The fraction of sp³-hybridized carbons (Fsp3) is 0.571. The number of nitrogens with one attached hydrogen (secondary N) is 1. The van der Waals surface area contributed by atoms with Crippen molar-refractivity contribution in [1.82, 2.24) is 5.32 Å². The van der Waals surface area contributed by atoms with E-state index in [1.807, 2.05) is 6.92 Å². The largest absolute Gasteiger partial charge is 0.372 e. The maximum absolute atomic E-state index is 10.5. The smallest absolute Gasteiger partial charge is 0.248 e. The first-order chi connectivity index (χ1) is 4.91. The highest BCUT2D eigenvalue weighted by Crippen LogP contribution is 2.09. The molecule has 0 heterocycles. The number of primary amides is 1. The van der Waals surface area contributed by atoms with Gasteiger partial charge in [-0.3, -0.25) is 10.1 Å². The molecule has 0 aromatic heterocycles. The van der Waals surface area contributed by atoms with E-state index in [0.717, 1.165) is 0 Å². The Kier molecular flexibility index (Phi) is 3.22. The van der Waals surface area contributed by atoms with Gasteiger partial charge >= 0.3 is 0 Å². The molecule has 1 atom stereocenters. The first kappa shape index (κ1) is 10.1. The molecule has 0 aliphatic heterocycles. The lowest BCUT2D eigenvalue weighted by Gasteiger charge is -2.24. The number of hydrogen-bond donors (Lipinski definition) is 3. The topological polar surface area (TPSA) is 75.4 Å². The van der Waals surface area contributed by atoms with Crippen molar-refractivity contribution in [3.05, 3.63) is 12.2 Å². The van der Waals surface area contributed by atoms with Gasteiger partial charge in [-0.25, -0.2) is 0 Å². The zero-order chi connectivity index (χ0) is 9.07. The second-order valence-electron chi connectivity index (χ2n) is 2.45. The molecule has 11 heavy (non-hydrogen) atoms. The molecule has 4 N–H and O–H groups in total. The zero-order valence-electron chi connectivity index (χ0n) is 6.85. The predicted molar refractivity (Wildman–Crippen MR) is 42.6 cm³/mol. The van der Waals surface area contributed by atoms with Crippen LogP contribution >= 0.6 is 0 Å². The Morgan fingerprint density at radius 2 is 2.27 bits per heavy atom. The van der Waals surface area contributed by atoms with Crippen LogP contribution in [0, 0.1) is 0 Å². The molecule has 1 unspecified atom stereocenters. The molecule has 1 amide bonds. The van der Waals surface area contributed by atoms with Gasteiger partial charge in [-0.05, 0) is 13.5 Å². The van der Waals surface area contributed by atoms with Crippen LogP contribution in [-0.4, -0.2) is 23.3 Å². The molecular weight excluding hydrogens is 144 g/mol. The van der Waals surface area contributed by atoms with E-state index in [1.165, 1.54) is 6.92 Å². The molecule has 0 aliphatic carbocycles. The van der Waals surface area contributed by atoms with Gasteiger partial charge in [0.2, 0.25) is 5.91 Å². The van der Waals surface area contributed by atoms with Crippen LogP contribution in [-0.2, 0) is 4.79 Å². The van der Waals surface area contributed by atoms with E-state index in [4.69, 9.17) is 5.73 Å². The third-order valence-corrected chi connectivity index (χ3v) is 1.41. The van der Waals surface area contributed by atoms with Crippen LogP contribution in [0.1, 0.15) is 13.8 Å². The summed E-state index contributed by atoms with van der Waals surface area (Å²) >= 11 is 0. The third kappa shape index (κ3) is 2.69. The predicted octanol–water partition coefficient (Wildman–Crippen LogP) is -0.654. The normalized spacial score (nSPS) is 15.5. The molecule has 0 rings (SSSR count). The lowest BCUT2D eigenvalue weighted by atomic mass is 10.1. The third-order valence-electron chi connectivity index (χ3n) is 1.41. The molecular formula is C7H14N2O2. The van der Waals surface area contributed by atoms with Crippen molar-refractivity contribution in [3.8, 4) is 0 Å². The van der Waals surface area contributed by atoms with Gasteiger partial charge in [0.15, 0.2) is 0 Å². The van der Waals surface area contributed by atoms with Gasteiger partial charge in [-0.15, -0.1) is 0 Å². The van der Waals surface area contributed by atoms with Gasteiger partial charge in [0.1, 0.15) is 5.72 Å². The lowest BCUT2D eigenvalue weighted by molar-refractivity contribution is -0.116. The van der Waals surface area contributed by atoms with Gasteiger partial charge in [0.25, 0.3) is 0 Å². The fourth-order valence-electron chi connectivity index (χ4n) is 0.691. The molecule has 0 aromatic carbocycles. The molecule has 4 nitrogen and oxygen atoms in total. The maximum atomic E-state index is 10.5. The summed E-state index contributed by atoms with van der Waals surface area (Å²) in [5.74, 6) is -0.698. The van der Waals surface area contributed by atoms with E-state index in [0.29, 0.717) is 6.54 Å². The van der Waals surface area contributed by atoms with Crippen molar-refractivity contribution in [1.29, 1.82) is 0 Å². The Morgan fingerprint density at radius 1 is 1.82 bits per heavy atom. The standard InChI is InChI=1S/C7H14N2O2/c1-4-9-7(3,11)5(2)6(8)10/h9,11H,2,4H2,1,3H3,(H2,8,10). The van der Waals surface area contributed by atoms with Crippen molar-refractivity contribution in [3.63, 3.8) is 0 Å². The lowest BCUT2D eigenvalue weighted by Crippen LogP contribution is -2.47. The Labute approximate surface area is 66.1 Å². The fourth-order valence-corrected chi connectivity index (χ4v) is 0.691. The number of nitrogens with two attached hydrogens (primary N) is 1. The minimum absolute atomic E-state index is 0.0284. The average Bonchev–Trinajstić information content (AvgIpc) is 1.86. The van der Waals surface area contributed by atoms with Crippen molar-refractivity contribution < 1.29 is 9.90 Å². The Bertz CT molecular complexity index is 175. The van der Waals surface area contributed by atoms with Crippen molar-refractivity contribution >= 4 is 5.91 Å². The second-order valence-corrected chi connectivity index (χ2v) is 2.45. The molecule has 0 saturated carbocycles. The summed E-state index contributed by atoms with van der Waals surface area (Å²) in [6.45, 7) is 7.14. The minimum Gasteiger partial charge on any atom is -0.372 e. The van der Waals surface area contributed by atoms with Crippen molar-refractivity contribution in [2.45, 2.75) is 19.6 Å². The number of likely N-dealkylation sites (N-methyl/N-ethyl adjacent to an activating group) is 1. The minimum atomic E-state index is -1.39. The molecule has 0 bridgehead atoms. The first-order valence-electron chi connectivity index (χ1n) is 3.38. The summed E-state index contributed by atoms with van der Waals surface area (Å²) in [7, 11) is 0. The first-order valence-corrected chi connectivity index (χ1v) is 3.38. The number of amides is 1. The molecule has 0 saturated heterocycles. The number of rotatable bonds is 4. The van der Waals surface area contributed by atoms with Crippen LogP contribution in [0.25, 0.3) is 0 Å². The van der Waals surface area contributed by atoms with Gasteiger partial charge in [0, 0.05) is 0 Å². The van der Waals surface area contributed by atoms with Crippen molar-refractivity contribution in [2.75, 3.05) is 6.54 Å². The van der Waals surface area contributed by atoms with E-state index in [9.17, 15) is 9.90 Å². The molecule has 0 radical (unpaired) electrons. The van der Waals surface area contributed by atoms with E-state index in [-0.39, 0.29) is 5.57 Å².